The van der Waals surface area contributed by atoms with Gasteiger partial charge in [0.15, 0.2) is 5.78 Å². The summed E-state index contributed by atoms with van der Waals surface area (Å²) in [6.45, 7) is 2.51. The molecule has 1 aliphatic heterocycles. The number of fused-ring (bicyclic) bond motifs is 2. The molecule has 1 aromatic carbocycles. The minimum Gasteiger partial charge on any atom is -0.369 e. The summed E-state index contributed by atoms with van der Waals surface area (Å²) in [6, 6.07) is 8.53. The van der Waals surface area contributed by atoms with Crippen LogP contribution in [0.15, 0.2) is 35.9 Å². The van der Waals surface area contributed by atoms with Gasteiger partial charge in [-0.2, -0.15) is 0 Å². The second kappa shape index (κ2) is 3.33. The van der Waals surface area contributed by atoms with Crippen LogP contribution in [0, 0.1) is 5.92 Å². The van der Waals surface area contributed by atoms with Gasteiger partial charge in [0, 0.05) is 12.5 Å². The summed E-state index contributed by atoms with van der Waals surface area (Å²) in [4.78, 5) is 11.7. The number of hydrogen-bond acceptors (Lipinski definition) is 2. The molecule has 2 aliphatic carbocycles. The van der Waals surface area contributed by atoms with E-state index in [1.54, 1.807) is 6.92 Å². The molecular weight excluding hydrogens is 224 g/mol. The number of Topliss-reactive ketones (excluding diaryl/α,β-unsaturated/α-hetero) is 1. The van der Waals surface area contributed by atoms with Gasteiger partial charge in [-0.05, 0) is 42.4 Å². The molecule has 2 nitrogen and oxygen atoms in total. The standard InChI is InChI=1S/C16H16O2/c1-10(17)11-8-12-6-7-18-16(12)14-5-3-2-4-13(14)15(16)9-11/h2-5,9,12,15H,6-8H2,1H3/t12-,15-,16-/m0/s1. The van der Waals surface area contributed by atoms with Crippen LogP contribution in [0.3, 0.4) is 0 Å². The van der Waals surface area contributed by atoms with E-state index in [-0.39, 0.29) is 11.4 Å². The van der Waals surface area contributed by atoms with Gasteiger partial charge in [-0.15, -0.1) is 0 Å². The minimum absolute atomic E-state index is 0.102. The molecule has 3 aliphatic rings. The molecule has 0 N–H and O–H groups in total. The number of carbonyl (C=O) groups is 1. The number of benzene rings is 1. The van der Waals surface area contributed by atoms with E-state index in [4.69, 9.17) is 4.74 Å². The van der Waals surface area contributed by atoms with Crippen molar-refractivity contribution in [1.82, 2.24) is 0 Å². The van der Waals surface area contributed by atoms with Crippen molar-refractivity contribution in [3.8, 4) is 0 Å². The second-order valence-electron chi connectivity index (χ2n) is 5.64. The Morgan fingerprint density at radius 2 is 2.22 bits per heavy atom. The van der Waals surface area contributed by atoms with Gasteiger partial charge in [-0.1, -0.05) is 30.3 Å². The maximum Gasteiger partial charge on any atom is 0.155 e. The fraction of sp³-hybridized carbons (Fsp3) is 0.438. The zero-order valence-electron chi connectivity index (χ0n) is 10.5. The average molecular weight is 240 g/mol. The smallest absolute Gasteiger partial charge is 0.155 e. The lowest BCUT2D eigenvalue weighted by Gasteiger charge is -2.53. The largest absolute Gasteiger partial charge is 0.369 e. The quantitative estimate of drug-likeness (QED) is 0.754. The Labute approximate surface area is 107 Å². The molecule has 0 aromatic heterocycles. The molecule has 0 amide bonds. The Bertz CT molecular complexity index is 572. The normalized spacial score (nSPS) is 35.9. The topological polar surface area (TPSA) is 26.3 Å². The average Bonchev–Trinajstić information content (AvgIpc) is 2.81. The van der Waals surface area contributed by atoms with Crippen LogP contribution < -0.4 is 0 Å². The molecule has 92 valence electrons. The van der Waals surface area contributed by atoms with Crippen LogP contribution in [0.5, 0.6) is 0 Å². The number of carbonyl (C=O) groups excluding carboxylic acids is 1. The van der Waals surface area contributed by atoms with Gasteiger partial charge >= 0.3 is 0 Å². The summed E-state index contributed by atoms with van der Waals surface area (Å²) < 4.78 is 6.14. The second-order valence-corrected chi connectivity index (χ2v) is 5.64. The number of ketones is 1. The molecule has 4 rings (SSSR count). The molecule has 1 fully saturated rings. The molecule has 0 radical (unpaired) electrons. The Kier molecular flexibility index (Phi) is 1.94. The summed E-state index contributed by atoms with van der Waals surface area (Å²) >= 11 is 0. The zero-order chi connectivity index (χ0) is 12.3. The maximum atomic E-state index is 11.7. The van der Waals surface area contributed by atoms with Gasteiger partial charge in [0.2, 0.25) is 0 Å². The molecule has 1 aromatic rings. The summed E-state index contributed by atoms with van der Waals surface area (Å²) in [5.41, 5.74) is 3.61. The SMILES string of the molecule is CC(=O)C1=C[C@H]2c3ccccc3[C@]23OCC[C@H]3C1. The molecule has 1 saturated heterocycles. The first-order chi connectivity index (χ1) is 8.73. The van der Waals surface area contributed by atoms with Crippen molar-refractivity contribution in [2.75, 3.05) is 6.61 Å². The molecule has 2 heteroatoms. The van der Waals surface area contributed by atoms with Gasteiger partial charge in [-0.3, -0.25) is 4.79 Å². The number of ether oxygens (including phenoxy) is 1. The first-order valence-electron chi connectivity index (χ1n) is 6.68. The van der Waals surface area contributed by atoms with Gasteiger partial charge < -0.3 is 4.74 Å². The summed E-state index contributed by atoms with van der Waals surface area (Å²) in [5, 5.41) is 0. The van der Waals surface area contributed by atoms with E-state index in [0.29, 0.717) is 11.8 Å². The highest BCUT2D eigenvalue weighted by Gasteiger charge is 2.60. The van der Waals surface area contributed by atoms with E-state index < -0.39 is 0 Å². The molecule has 18 heavy (non-hydrogen) atoms. The highest BCUT2D eigenvalue weighted by atomic mass is 16.5. The van der Waals surface area contributed by atoms with Crippen LogP contribution in [0.4, 0.5) is 0 Å². The van der Waals surface area contributed by atoms with Crippen molar-refractivity contribution in [1.29, 1.82) is 0 Å². The first-order valence-corrected chi connectivity index (χ1v) is 6.68. The van der Waals surface area contributed by atoms with Crippen LogP contribution in [0.2, 0.25) is 0 Å². The third-order valence-corrected chi connectivity index (χ3v) is 4.88. The highest BCUT2D eigenvalue weighted by molar-refractivity contribution is 5.94. The Balaban J connectivity index is 1.90. The third kappa shape index (κ3) is 1.05. The predicted molar refractivity (Wildman–Crippen MR) is 68.3 cm³/mol. The van der Waals surface area contributed by atoms with Gasteiger partial charge in [-0.25, -0.2) is 0 Å². The van der Waals surface area contributed by atoms with E-state index in [0.717, 1.165) is 25.0 Å². The molecule has 1 spiro atoms. The fourth-order valence-electron chi connectivity index (χ4n) is 4.05. The highest BCUT2D eigenvalue weighted by Crippen LogP contribution is 2.64. The molecule has 0 bridgehead atoms. The van der Waals surface area contributed by atoms with Crippen LogP contribution in [-0.4, -0.2) is 12.4 Å². The van der Waals surface area contributed by atoms with Gasteiger partial charge in [0.05, 0.1) is 0 Å². The maximum absolute atomic E-state index is 11.7. The Hall–Kier alpha value is -1.41. The van der Waals surface area contributed by atoms with Crippen molar-refractivity contribution >= 4 is 5.78 Å². The predicted octanol–water partition coefficient (Wildman–Crippen LogP) is 2.93. The van der Waals surface area contributed by atoms with Gasteiger partial charge in [0.1, 0.15) is 5.60 Å². The van der Waals surface area contributed by atoms with Gasteiger partial charge in [0.25, 0.3) is 0 Å². The van der Waals surface area contributed by atoms with Crippen molar-refractivity contribution < 1.29 is 9.53 Å². The van der Waals surface area contributed by atoms with E-state index >= 15 is 0 Å². The van der Waals surface area contributed by atoms with E-state index in [1.165, 1.54) is 11.1 Å². The van der Waals surface area contributed by atoms with Crippen molar-refractivity contribution in [2.45, 2.75) is 31.3 Å². The Morgan fingerprint density at radius 1 is 1.39 bits per heavy atom. The summed E-state index contributed by atoms with van der Waals surface area (Å²) in [6.07, 6.45) is 4.13. The summed E-state index contributed by atoms with van der Waals surface area (Å²) in [7, 11) is 0. The lowest BCUT2D eigenvalue weighted by Crippen LogP contribution is -2.49. The lowest BCUT2D eigenvalue weighted by atomic mass is 9.55. The van der Waals surface area contributed by atoms with Crippen LogP contribution in [0.25, 0.3) is 0 Å². The molecule has 3 atom stereocenters. The van der Waals surface area contributed by atoms with Crippen LogP contribution >= 0.6 is 0 Å². The molecular formula is C16H16O2. The first kappa shape index (κ1) is 10.5. The molecule has 0 unspecified atom stereocenters. The monoisotopic (exact) mass is 240 g/mol. The van der Waals surface area contributed by atoms with Crippen LogP contribution in [-0.2, 0) is 15.1 Å². The third-order valence-electron chi connectivity index (χ3n) is 4.88. The summed E-state index contributed by atoms with van der Waals surface area (Å²) in [5.74, 6) is 1.01. The number of allylic oxidation sites excluding steroid dienone is 1. The van der Waals surface area contributed by atoms with Crippen molar-refractivity contribution in [3.05, 3.63) is 47.0 Å². The molecule has 0 saturated carbocycles. The number of hydrogen-bond donors (Lipinski definition) is 0. The Morgan fingerprint density at radius 3 is 3.06 bits per heavy atom. The lowest BCUT2D eigenvalue weighted by molar-refractivity contribution is -0.115. The van der Waals surface area contributed by atoms with E-state index in [9.17, 15) is 4.79 Å². The zero-order valence-corrected chi connectivity index (χ0v) is 10.5. The van der Waals surface area contributed by atoms with E-state index in [2.05, 4.69) is 30.3 Å². The van der Waals surface area contributed by atoms with Crippen LogP contribution in [0.1, 0.15) is 36.8 Å². The fourth-order valence-corrected chi connectivity index (χ4v) is 4.05. The van der Waals surface area contributed by atoms with Crippen molar-refractivity contribution in [3.63, 3.8) is 0 Å². The number of rotatable bonds is 1. The minimum atomic E-state index is -0.102. The molecule has 1 heterocycles. The van der Waals surface area contributed by atoms with E-state index in [1.807, 2.05) is 0 Å². The van der Waals surface area contributed by atoms with Crippen molar-refractivity contribution in [2.24, 2.45) is 5.92 Å².